The van der Waals surface area contributed by atoms with Gasteiger partial charge in [-0.15, -0.1) is 12.8 Å². The highest BCUT2D eigenvalue weighted by atomic mass is 16.5. The van der Waals surface area contributed by atoms with Crippen LogP contribution in [0.5, 0.6) is 0 Å². The molecular weight excluding hydrogens is 683 g/mol. The van der Waals surface area contributed by atoms with Crippen molar-refractivity contribution < 1.29 is 43.5 Å². The minimum Gasteiger partial charge on any atom is -0.423 e. The molecule has 1 aromatic heterocycles. The van der Waals surface area contributed by atoms with E-state index in [1.54, 1.807) is 59.5 Å². The number of hydrogen-bond acceptors (Lipinski definition) is 9. The molecule has 1 aliphatic heterocycles. The minimum absolute atomic E-state index is 0.115. The van der Waals surface area contributed by atoms with Gasteiger partial charge in [0.05, 0.1) is 43.2 Å². The number of terminal acetylenes is 1. The maximum atomic E-state index is 13.3. The zero-order valence-corrected chi connectivity index (χ0v) is 29.0. The number of ketones is 1. The second-order valence-corrected chi connectivity index (χ2v) is 11.6. The summed E-state index contributed by atoms with van der Waals surface area (Å²) in [5.74, 6) is -1.81. The molecule has 15 nitrogen and oxygen atoms in total. The predicted molar refractivity (Wildman–Crippen MR) is 199 cm³/mol. The third-order valence-corrected chi connectivity index (χ3v) is 8.16. The van der Waals surface area contributed by atoms with Crippen molar-refractivity contribution >= 4 is 58.7 Å². The number of aromatic nitrogens is 1. The van der Waals surface area contributed by atoms with Gasteiger partial charge in [0.25, 0.3) is 23.5 Å². The molecular formula is C37H41BN6O9. The molecule has 0 spiro atoms. The fraction of sp³-hybridized carbons (Fsp3) is 0.270. The lowest BCUT2D eigenvalue weighted by molar-refractivity contribution is -0.127. The Labute approximate surface area is 306 Å². The number of aromatic amines is 1. The van der Waals surface area contributed by atoms with Gasteiger partial charge in [-0.25, -0.2) is 4.79 Å². The highest BCUT2D eigenvalue weighted by Gasteiger charge is 2.30. The van der Waals surface area contributed by atoms with Crippen LogP contribution in [-0.4, -0.2) is 127 Å². The fourth-order valence-electron chi connectivity index (χ4n) is 5.49. The van der Waals surface area contributed by atoms with Crippen molar-refractivity contribution in [2.24, 2.45) is 0 Å². The Morgan fingerprint density at radius 1 is 0.755 bits per heavy atom. The summed E-state index contributed by atoms with van der Waals surface area (Å²) in [6.45, 7) is 2.61. The quantitative estimate of drug-likeness (QED) is 0.0338. The number of H-pyrrole nitrogens is 1. The Morgan fingerprint density at radius 3 is 2.06 bits per heavy atom. The van der Waals surface area contributed by atoms with Crippen molar-refractivity contribution in [2.45, 2.75) is 0 Å². The van der Waals surface area contributed by atoms with E-state index in [4.69, 9.17) is 9.47 Å². The molecule has 16 heteroatoms. The molecule has 1 aliphatic rings. The van der Waals surface area contributed by atoms with Crippen molar-refractivity contribution in [3.63, 3.8) is 0 Å². The van der Waals surface area contributed by atoms with Crippen molar-refractivity contribution in [1.82, 2.24) is 25.4 Å². The summed E-state index contributed by atoms with van der Waals surface area (Å²) in [5.41, 5.74) is 2.20. The maximum Gasteiger partial charge on any atom is 0.488 e. The van der Waals surface area contributed by atoms with Crippen molar-refractivity contribution in [1.29, 1.82) is 0 Å². The number of nitrogens with zero attached hydrogens (tertiary/aromatic N) is 2. The molecule has 0 bridgehead atoms. The molecule has 5 amide bonds. The lowest BCUT2D eigenvalue weighted by atomic mass is 9.79. The smallest absolute Gasteiger partial charge is 0.423 e. The molecule has 53 heavy (non-hydrogen) atoms. The van der Waals surface area contributed by atoms with Gasteiger partial charge in [-0.2, -0.15) is 0 Å². The Balaban J connectivity index is 0.00000308. The summed E-state index contributed by atoms with van der Waals surface area (Å²) < 4.78 is 10.9. The zero-order valence-electron chi connectivity index (χ0n) is 29.0. The first-order chi connectivity index (χ1) is 25.7. The second-order valence-electron chi connectivity index (χ2n) is 11.6. The first-order valence-corrected chi connectivity index (χ1v) is 16.8. The highest BCUT2D eigenvalue weighted by molar-refractivity contribution is 6.58. The minimum atomic E-state index is -1.66. The van der Waals surface area contributed by atoms with E-state index in [0.717, 1.165) is 0 Å². The van der Waals surface area contributed by atoms with E-state index in [1.165, 1.54) is 23.2 Å². The molecule has 3 aromatic carbocycles. The van der Waals surface area contributed by atoms with Gasteiger partial charge >= 0.3 is 13.1 Å². The SMILES string of the molecule is C#C.O=C(NCCOCCOCCNC(=O)c1cccc(B(O)O)c1)Nc1cccc2c(C(=O)C(=O)N3CCN(C(=O)c4ccccc4)CC3)c[nH]c12. The summed E-state index contributed by atoms with van der Waals surface area (Å²) >= 11 is 0. The van der Waals surface area contributed by atoms with Gasteiger partial charge in [0.15, 0.2) is 0 Å². The molecule has 276 valence electrons. The van der Waals surface area contributed by atoms with Crippen LogP contribution in [0.1, 0.15) is 31.1 Å². The summed E-state index contributed by atoms with van der Waals surface area (Å²) in [7, 11) is -1.66. The Hall–Kier alpha value is -5.99. The molecule has 2 heterocycles. The third-order valence-electron chi connectivity index (χ3n) is 8.16. The number of rotatable bonds is 15. The number of hydrogen-bond donors (Lipinski definition) is 6. The van der Waals surface area contributed by atoms with Crippen molar-refractivity contribution in [3.8, 4) is 12.8 Å². The average Bonchev–Trinajstić information content (AvgIpc) is 3.64. The van der Waals surface area contributed by atoms with Crippen LogP contribution in [-0.2, 0) is 14.3 Å². The standard InChI is InChI=1S/C35H39BN6O9.C2H2/c43-31(34(46)42-16-14-41(15-17-42)33(45)24-6-2-1-3-7-24)28-23-39-30-27(28)10-5-11-29(30)40-35(47)38-13-19-51-21-20-50-18-12-37-32(44)25-8-4-9-26(22-25)36(48)49;1-2/h1-11,22-23,39,48-49H,12-21H2,(H,37,44)(H2,38,40,47);1-2H. The zero-order chi connectivity index (χ0) is 38.2. The number of carbonyl (C=O) groups is 5. The fourth-order valence-corrected chi connectivity index (χ4v) is 5.49. The first kappa shape index (κ1) is 39.8. The van der Waals surface area contributed by atoms with Crippen LogP contribution in [0.15, 0.2) is 79.0 Å². The number of amides is 5. The number of anilines is 1. The number of nitrogens with one attached hydrogen (secondary N) is 4. The van der Waals surface area contributed by atoms with Crippen LogP contribution < -0.4 is 21.4 Å². The Bertz CT molecular complexity index is 1890. The maximum absolute atomic E-state index is 13.3. The number of fused-ring (bicyclic) bond motifs is 1. The van der Waals surface area contributed by atoms with Gasteiger partial charge in [-0.05, 0) is 35.8 Å². The number of ether oxygens (including phenoxy) is 2. The number of urea groups is 1. The van der Waals surface area contributed by atoms with E-state index < -0.39 is 24.8 Å². The summed E-state index contributed by atoms with van der Waals surface area (Å²) in [4.78, 5) is 70.0. The van der Waals surface area contributed by atoms with E-state index in [9.17, 15) is 34.0 Å². The molecule has 6 N–H and O–H groups in total. The monoisotopic (exact) mass is 724 g/mol. The number of para-hydroxylation sites is 1. The largest absolute Gasteiger partial charge is 0.488 e. The lowest BCUT2D eigenvalue weighted by Crippen LogP contribution is -2.52. The van der Waals surface area contributed by atoms with E-state index >= 15 is 0 Å². The topological polar surface area (TPSA) is 203 Å². The Morgan fingerprint density at radius 2 is 1.38 bits per heavy atom. The predicted octanol–water partition coefficient (Wildman–Crippen LogP) is 0.849. The molecule has 0 aliphatic carbocycles. The van der Waals surface area contributed by atoms with Gasteiger partial charge in [-0.1, -0.05) is 42.5 Å². The highest BCUT2D eigenvalue weighted by Crippen LogP contribution is 2.26. The van der Waals surface area contributed by atoms with Crippen molar-refractivity contribution in [2.75, 3.05) is 71.0 Å². The molecule has 4 aromatic rings. The number of piperazine rings is 1. The van der Waals surface area contributed by atoms with E-state index in [-0.39, 0.29) is 75.4 Å². The van der Waals surface area contributed by atoms with Crippen LogP contribution in [0.3, 0.4) is 0 Å². The molecule has 5 rings (SSSR count). The molecule has 0 radical (unpaired) electrons. The first-order valence-electron chi connectivity index (χ1n) is 16.8. The van der Waals surface area contributed by atoms with Gasteiger partial charge in [0, 0.05) is 62.0 Å². The normalized spacial score (nSPS) is 12.3. The van der Waals surface area contributed by atoms with Crippen LogP contribution in [0.2, 0.25) is 0 Å². The summed E-state index contributed by atoms with van der Waals surface area (Å²) in [6, 6.07) is 19.5. The molecule has 0 saturated carbocycles. The lowest BCUT2D eigenvalue weighted by Gasteiger charge is -2.34. The number of carbonyl (C=O) groups excluding carboxylic acids is 5. The number of Topliss-reactive ketones (excluding diaryl/α,β-unsaturated/α-hetero) is 1. The van der Waals surface area contributed by atoms with Gasteiger partial charge in [0.1, 0.15) is 0 Å². The number of benzene rings is 3. The Kier molecular flexibility index (Phi) is 15.1. The average molecular weight is 725 g/mol. The molecule has 0 atom stereocenters. The second kappa shape index (κ2) is 20.2. The molecule has 0 unspecified atom stereocenters. The van der Waals surface area contributed by atoms with Crippen molar-refractivity contribution in [3.05, 3.63) is 95.7 Å². The summed E-state index contributed by atoms with van der Waals surface area (Å²) in [5, 5.41) is 27.1. The molecule has 1 saturated heterocycles. The van der Waals surface area contributed by atoms with E-state index in [2.05, 4.69) is 33.8 Å². The third kappa shape index (κ3) is 11.0. The summed E-state index contributed by atoms with van der Waals surface area (Å²) in [6.07, 6.45) is 9.45. The van der Waals surface area contributed by atoms with Gasteiger partial charge in [-0.3, -0.25) is 19.2 Å². The van der Waals surface area contributed by atoms with Gasteiger partial charge < -0.3 is 50.3 Å². The molecule has 1 fully saturated rings. The van der Waals surface area contributed by atoms with Crippen LogP contribution in [0.4, 0.5) is 10.5 Å². The van der Waals surface area contributed by atoms with E-state index in [0.29, 0.717) is 40.8 Å². The van der Waals surface area contributed by atoms with Crippen LogP contribution in [0.25, 0.3) is 10.9 Å². The van der Waals surface area contributed by atoms with Crippen LogP contribution in [0, 0.1) is 12.8 Å². The van der Waals surface area contributed by atoms with Crippen LogP contribution >= 0.6 is 0 Å². The van der Waals surface area contributed by atoms with E-state index in [1.807, 2.05) is 6.07 Å². The van der Waals surface area contributed by atoms with Gasteiger partial charge in [0.2, 0.25) is 0 Å².